The number of rotatable bonds is 5. The van der Waals surface area contributed by atoms with Crippen molar-refractivity contribution in [3.05, 3.63) is 71.8 Å². The minimum atomic E-state index is -0.300. The van der Waals surface area contributed by atoms with Gasteiger partial charge in [-0.25, -0.2) is 0 Å². The van der Waals surface area contributed by atoms with Crippen LogP contribution in [-0.4, -0.2) is 44.5 Å². The highest BCUT2D eigenvalue weighted by atomic mass is 16.2. The smallest absolute Gasteiger partial charge is 0.293 e. The minimum absolute atomic E-state index is 0.157. The second kappa shape index (κ2) is 9.12. The molecule has 6 heteroatoms. The average molecular weight is 354 g/mol. The first-order valence-electron chi connectivity index (χ1n) is 9.06. The molecule has 0 spiro atoms. The van der Waals surface area contributed by atoms with Crippen LogP contribution in [0, 0.1) is 0 Å². The Bertz CT molecular complexity index is 713. The second-order valence-corrected chi connectivity index (χ2v) is 6.71. The van der Waals surface area contributed by atoms with Crippen molar-refractivity contribution in [3.8, 4) is 0 Å². The Kier molecular flexibility index (Phi) is 6.35. The molecular formula is C20H26N4O2+2. The molecule has 0 aliphatic carbocycles. The molecule has 0 atom stereocenters. The number of nitrogens with one attached hydrogen (secondary N) is 4. The van der Waals surface area contributed by atoms with Crippen molar-refractivity contribution in [2.45, 2.75) is 6.54 Å². The van der Waals surface area contributed by atoms with E-state index < -0.39 is 0 Å². The van der Waals surface area contributed by atoms with E-state index in [-0.39, 0.29) is 11.8 Å². The predicted molar refractivity (Wildman–Crippen MR) is 98.5 cm³/mol. The van der Waals surface area contributed by atoms with Crippen LogP contribution in [0.4, 0.5) is 0 Å². The Morgan fingerprint density at radius 1 is 0.769 bits per heavy atom. The first kappa shape index (κ1) is 18.1. The topological polar surface area (TPSA) is 67.1 Å². The highest BCUT2D eigenvalue weighted by molar-refractivity contribution is 5.95. The van der Waals surface area contributed by atoms with Crippen molar-refractivity contribution in [2.75, 3.05) is 32.7 Å². The molecule has 0 saturated carbocycles. The fourth-order valence-corrected chi connectivity index (χ4v) is 3.25. The minimum Gasteiger partial charge on any atom is -0.322 e. The van der Waals surface area contributed by atoms with Gasteiger partial charge in [-0.1, -0.05) is 48.5 Å². The summed E-state index contributed by atoms with van der Waals surface area (Å²) in [7, 11) is 0. The molecule has 2 aromatic rings. The summed E-state index contributed by atoms with van der Waals surface area (Å²) in [5, 5.41) is 0. The van der Waals surface area contributed by atoms with Crippen LogP contribution >= 0.6 is 0 Å². The summed E-state index contributed by atoms with van der Waals surface area (Å²) in [6.45, 7) is 5.44. The maximum atomic E-state index is 12.1. The lowest BCUT2D eigenvalue weighted by Crippen LogP contribution is -3.28. The third kappa shape index (κ3) is 5.40. The molecule has 1 saturated heterocycles. The molecule has 0 bridgehead atoms. The number of quaternary nitrogens is 2. The van der Waals surface area contributed by atoms with Gasteiger partial charge in [0.1, 0.15) is 32.7 Å². The maximum Gasteiger partial charge on any atom is 0.293 e. The van der Waals surface area contributed by atoms with Crippen LogP contribution in [0.1, 0.15) is 15.9 Å². The zero-order valence-electron chi connectivity index (χ0n) is 14.8. The first-order chi connectivity index (χ1) is 12.7. The van der Waals surface area contributed by atoms with E-state index >= 15 is 0 Å². The van der Waals surface area contributed by atoms with Crippen LogP contribution in [-0.2, 0) is 11.3 Å². The molecule has 1 heterocycles. The molecular weight excluding hydrogens is 328 g/mol. The van der Waals surface area contributed by atoms with Gasteiger partial charge in [0.05, 0.1) is 0 Å². The van der Waals surface area contributed by atoms with Gasteiger partial charge in [0.2, 0.25) is 0 Å². The van der Waals surface area contributed by atoms with Crippen LogP contribution in [0.3, 0.4) is 0 Å². The van der Waals surface area contributed by atoms with Crippen molar-refractivity contribution in [2.24, 2.45) is 0 Å². The van der Waals surface area contributed by atoms with Crippen LogP contribution < -0.4 is 20.7 Å². The Hall–Kier alpha value is -2.70. The second-order valence-electron chi connectivity index (χ2n) is 6.71. The van der Waals surface area contributed by atoms with Crippen molar-refractivity contribution >= 4 is 11.8 Å². The molecule has 6 nitrogen and oxygen atoms in total. The van der Waals surface area contributed by atoms with Crippen LogP contribution in [0.5, 0.6) is 0 Å². The number of amides is 2. The summed E-state index contributed by atoms with van der Waals surface area (Å²) >= 11 is 0. The van der Waals surface area contributed by atoms with Crippen molar-refractivity contribution in [3.63, 3.8) is 0 Å². The van der Waals surface area contributed by atoms with Gasteiger partial charge in [0.25, 0.3) is 11.8 Å². The summed E-state index contributed by atoms with van der Waals surface area (Å²) in [6, 6.07) is 19.4. The quantitative estimate of drug-likeness (QED) is 0.490. The van der Waals surface area contributed by atoms with E-state index in [4.69, 9.17) is 0 Å². The van der Waals surface area contributed by atoms with Crippen LogP contribution in [0.15, 0.2) is 60.7 Å². The van der Waals surface area contributed by atoms with E-state index in [1.165, 1.54) is 10.5 Å². The lowest BCUT2D eigenvalue weighted by molar-refractivity contribution is -1.02. The lowest BCUT2D eigenvalue weighted by atomic mass is 10.2. The van der Waals surface area contributed by atoms with Crippen molar-refractivity contribution in [1.29, 1.82) is 0 Å². The standard InChI is InChI=1S/C20H24N4O2/c25-19(21-22-20(26)18-9-5-2-6-10-18)16-24-13-11-23(12-14-24)15-17-7-3-1-4-8-17/h1-10H,11-16H2,(H,21,25)(H,22,26)/p+2. The highest BCUT2D eigenvalue weighted by Gasteiger charge is 2.24. The normalized spacial score (nSPS) is 19.5. The van der Waals surface area contributed by atoms with E-state index in [1.807, 2.05) is 12.1 Å². The Balaban J connectivity index is 1.36. The highest BCUT2D eigenvalue weighted by Crippen LogP contribution is 1.96. The molecule has 1 aliphatic heterocycles. The number of hydrazine groups is 1. The summed E-state index contributed by atoms with van der Waals surface area (Å²) in [5.74, 6) is -0.457. The molecule has 4 N–H and O–H groups in total. The average Bonchev–Trinajstić information content (AvgIpc) is 2.69. The number of benzene rings is 2. The van der Waals surface area contributed by atoms with Crippen LogP contribution in [0.2, 0.25) is 0 Å². The number of carbonyl (C=O) groups excluding carboxylic acids is 2. The molecule has 2 aromatic carbocycles. The van der Waals surface area contributed by atoms with Gasteiger partial charge in [-0.3, -0.25) is 20.4 Å². The van der Waals surface area contributed by atoms with Gasteiger partial charge in [-0.2, -0.15) is 0 Å². The summed E-state index contributed by atoms with van der Waals surface area (Å²) in [5.41, 5.74) is 6.87. The molecule has 1 aliphatic rings. The van der Waals surface area contributed by atoms with Gasteiger partial charge in [0.15, 0.2) is 6.54 Å². The monoisotopic (exact) mass is 354 g/mol. The van der Waals surface area contributed by atoms with E-state index in [9.17, 15) is 9.59 Å². The van der Waals surface area contributed by atoms with Gasteiger partial charge in [-0.15, -0.1) is 0 Å². The Morgan fingerprint density at radius 2 is 1.35 bits per heavy atom. The molecule has 0 radical (unpaired) electrons. The first-order valence-corrected chi connectivity index (χ1v) is 9.06. The molecule has 0 aromatic heterocycles. The zero-order chi connectivity index (χ0) is 18.2. The van der Waals surface area contributed by atoms with Crippen molar-refractivity contribution in [1.82, 2.24) is 10.9 Å². The van der Waals surface area contributed by atoms with Crippen molar-refractivity contribution < 1.29 is 19.4 Å². The van der Waals surface area contributed by atoms with Gasteiger partial charge >= 0.3 is 0 Å². The third-order valence-corrected chi connectivity index (χ3v) is 4.72. The fourth-order valence-electron chi connectivity index (χ4n) is 3.25. The molecule has 26 heavy (non-hydrogen) atoms. The predicted octanol–water partition coefficient (Wildman–Crippen LogP) is -1.57. The van der Waals surface area contributed by atoms with E-state index in [0.717, 1.165) is 32.7 Å². The summed E-state index contributed by atoms with van der Waals surface area (Å²) in [6.07, 6.45) is 0. The largest absolute Gasteiger partial charge is 0.322 e. The van der Waals surface area contributed by atoms with E-state index in [0.29, 0.717) is 12.1 Å². The Morgan fingerprint density at radius 3 is 2.00 bits per heavy atom. The Labute approximate surface area is 153 Å². The number of hydrogen-bond acceptors (Lipinski definition) is 2. The molecule has 1 fully saturated rings. The lowest BCUT2D eigenvalue weighted by Gasteiger charge is -2.29. The molecule has 136 valence electrons. The SMILES string of the molecule is O=C(C[NH+]1CC[NH+](Cc2ccccc2)CC1)NNC(=O)c1ccccc1. The molecule has 3 rings (SSSR count). The number of carbonyl (C=O) groups is 2. The van der Waals surface area contributed by atoms with Gasteiger partial charge in [-0.05, 0) is 12.1 Å². The fraction of sp³-hybridized carbons (Fsp3) is 0.300. The number of piperazine rings is 1. The number of hydrogen-bond donors (Lipinski definition) is 4. The van der Waals surface area contributed by atoms with Gasteiger partial charge in [0, 0.05) is 11.1 Å². The maximum absolute atomic E-state index is 12.1. The molecule has 0 unspecified atom stereocenters. The van der Waals surface area contributed by atoms with E-state index in [1.54, 1.807) is 29.2 Å². The van der Waals surface area contributed by atoms with E-state index in [2.05, 4.69) is 35.1 Å². The zero-order valence-corrected chi connectivity index (χ0v) is 14.8. The summed E-state index contributed by atoms with van der Waals surface area (Å²) in [4.78, 5) is 26.8. The van der Waals surface area contributed by atoms with Gasteiger partial charge < -0.3 is 9.80 Å². The van der Waals surface area contributed by atoms with Crippen LogP contribution in [0.25, 0.3) is 0 Å². The third-order valence-electron chi connectivity index (χ3n) is 4.72. The molecule has 2 amide bonds. The summed E-state index contributed by atoms with van der Waals surface area (Å²) < 4.78 is 0.